The Morgan fingerprint density at radius 1 is 0.983 bits per heavy atom. The predicted octanol–water partition coefficient (Wildman–Crippen LogP) is 9.24. The van der Waals surface area contributed by atoms with E-state index in [4.69, 9.17) is 30.8 Å². The summed E-state index contributed by atoms with van der Waals surface area (Å²) in [6.07, 6.45) is -3.04. The fourth-order valence-electron chi connectivity index (χ4n) is 7.31. The average Bonchev–Trinajstić information content (AvgIpc) is 3.99. The number of ether oxygens (including phenoxy) is 3. The molecule has 1 unspecified atom stereocenters. The summed E-state index contributed by atoms with van der Waals surface area (Å²) in [6, 6.07) is 20.1. The lowest BCUT2D eigenvalue weighted by atomic mass is 9.93. The van der Waals surface area contributed by atoms with Gasteiger partial charge in [-0.3, -0.25) is 14.6 Å². The van der Waals surface area contributed by atoms with E-state index in [1.165, 1.54) is 12.3 Å². The summed E-state index contributed by atoms with van der Waals surface area (Å²) < 4.78 is 65.2. The molecule has 1 fully saturated rings. The first kappa shape index (κ1) is 41.5. The number of halogens is 4. The molecule has 1 aliphatic heterocycles. The minimum Gasteiger partial charge on any atom is -0.491 e. The number of fused-ring (bicyclic) bond motifs is 2. The molecule has 0 aliphatic carbocycles. The van der Waals surface area contributed by atoms with Crippen LogP contribution in [0.4, 0.5) is 13.2 Å². The van der Waals surface area contributed by atoms with Crippen LogP contribution < -0.4 is 14.2 Å². The van der Waals surface area contributed by atoms with Crippen molar-refractivity contribution in [3.05, 3.63) is 106 Å². The van der Waals surface area contributed by atoms with Crippen LogP contribution in [-0.4, -0.2) is 98.7 Å². The molecule has 3 aromatic carbocycles. The molecule has 1 N–H and O–H groups in total. The van der Waals surface area contributed by atoms with Gasteiger partial charge in [-0.2, -0.15) is 22.6 Å². The first-order chi connectivity index (χ1) is 28.9. The van der Waals surface area contributed by atoms with Gasteiger partial charge in [0.15, 0.2) is 0 Å². The third-order valence-electron chi connectivity index (χ3n) is 10.5. The van der Waals surface area contributed by atoms with Crippen molar-refractivity contribution < 1.29 is 37.3 Å². The van der Waals surface area contributed by atoms with Crippen LogP contribution in [0.5, 0.6) is 17.4 Å². The lowest BCUT2D eigenvalue weighted by Crippen LogP contribution is -2.45. The van der Waals surface area contributed by atoms with Crippen LogP contribution in [0.2, 0.25) is 5.02 Å². The number of para-hydroxylation sites is 1. The quantitative estimate of drug-likeness (QED) is 0.107. The van der Waals surface area contributed by atoms with Crippen LogP contribution in [0.1, 0.15) is 16.8 Å². The second-order valence-electron chi connectivity index (χ2n) is 14.5. The van der Waals surface area contributed by atoms with Gasteiger partial charge in [0.2, 0.25) is 12.0 Å². The molecule has 17 heteroatoms. The van der Waals surface area contributed by atoms with Crippen LogP contribution in [0.25, 0.3) is 42.6 Å². The normalized spacial score (nSPS) is 14.5. The number of aliphatic carboxylic acids is 1. The fraction of sp³-hybridized carbons (Fsp3) is 0.302. The van der Waals surface area contributed by atoms with Crippen LogP contribution in [0.15, 0.2) is 84.5 Å². The number of carboxylic acid groups (broad SMARTS) is 1. The van der Waals surface area contributed by atoms with Crippen LogP contribution >= 0.6 is 34.5 Å². The maximum Gasteiger partial charge on any atom is 0.408 e. The van der Waals surface area contributed by atoms with Gasteiger partial charge in [0, 0.05) is 67.4 Å². The number of piperazine rings is 1. The Hall–Kier alpha value is -5.26. The van der Waals surface area contributed by atoms with E-state index in [1.807, 2.05) is 42.6 Å². The number of hydrogen-bond donors (Lipinski definition) is 1. The summed E-state index contributed by atoms with van der Waals surface area (Å²) in [5.74, 6) is -0.282. The van der Waals surface area contributed by atoms with Gasteiger partial charge in [-0.25, -0.2) is 4.79 Å². The molecule has 312 valence electrons. The highest BCUT2D eigenvalue weighted by atomic mass is 35.5. The number of thiophene rings is 1. The second kappa shape index (κ2) is 17.8. The first-order valence-corrected chi connectivity index (χ1v) is 21.2. The number of likely N-dealkylation sites (N-methyl/N-ethyl adjacent to an activating group) is 1. The molecule has 0 spiro atoms. The zero-order valence-electron chi connectivity index (χ0n) is 32.6. The number of carboxylic acids is 1. The van der Waals surface area contributed by atoms with E-state index in [0.29, 0.717) is 50.0 Å². The molecule has 1 saturated heterocycles. The number of carbonyl (C=O) groups is 1. The number of aromatic nitrogens is 4. The lowest BCUT2D eigenvalue weighted by Gasteiger charge is -2.32. The topological polar surface area (TPSA) is 115 Å². The molecule has 0 bridgehead atoms. The minimum atomic E-state index is -4.47. The Kier molecular flexibility index (Phi) is 12.3. The van der Waals surface area contributed by atoms with Gasteiger partial charge in [-0.15, -0.1) is 11.3 Å². The molecule has 7 aromatic rings. The molecule has 1 aliphatic rings. The standard InChI is InChI=1S/C43H40ClF3N6O5S2/c1-26-30(10-11-33(38(26)44)56-20-19-52-17-15-51(2)16-18-52)36-37-35(23-48-39(36)31-8-5-7-27-13-21-59-40(27)31)60-50-41(37)58-34(42(54)55)22-28-6-3-4-9-32(28)57-24-29-12-14-49-53(29)25-43(45,46)47/h3-14,21,23,34H,15-20,22,24-25H2,1-2H3,(H,54,55). The van der Waals surface area contributed by atoms with Crippen LogP contribution in [-0.2, 0) is 24.4 Å². The summed E-state index contributed by atoms with van der Waals surface area (Å²) in [5.41, 5.74) is 4.41. The summed E-state index contributed by atoms with van der Waals surface area (Å²) in [6.45, 7) is 5.67. The van der Waals surface area contributed by atoms with Crippen molar-refractivity contribution in [3.8, 4) is 39.8 Å². The maximum atomic E-state index is 13.1. The number of nitrogens with zero attached hydrogens (tertiary/aromatic N) is 6. The van der Waals surface area contributed by atoms with E-state index >= 15 is 0 Å². The average molecular weight is 877 g/mol. The highest BCUT2D eigenvalue weighted by Gasteiger charge is 2.31. The number of pyridine rings is 1. The van der Waals surface area contributed by atoms with E-state index in [9.17, 15) is 23.1 Å². The molecule has 0 saturated carbocycles. The van der Waals surface area contributed by atoms with Crippen molar-refractivity contribution in [3.63, 3.8) is 0 Å². The van der Waals surface area contributed by atoms with Crippen molar-refractivity contribution in [2.45, 2.75) is 38.8 Å². The Balaban J connectivity index is 1.13. The van der Waals surface area contributed by atoms with Gasteiger partial charge in [0.25, 0.3) is 0 Å². The summed E-state index contributed by atoms with van der Waals surface area (Å²) in [4.78, 5) is 22.6. The highest BCUT2D eigenvalue weighted by Crippen LogP contribution is 2.47. The zero-order chi connectivity index (χ0) is 42.0. The van der Waals surface area contributed by atoms with E-state index in [-0.39, 0.29) is 24.6 Å². The Morgan fingerprint density at radius 3 is 2.60 bits per heavy atom. The van der Waals surface area contributed by atoms with E-state index < -0.39 is 24.8 Å². The first-order valence-electron chi connectivity index (χ1n) is 19.2. The largest absolute Gasteiger partial charge is 0.491 e. The van der Waals surface area contributed by atoms with Crippen molar-refractivity contribution in [1.82, 2.24) is 28.9 Å². The van der Waals surface area contributed by atoms with Crippen LogP contribution in [0, 0.1) is 6.92 Å². The van der Waals surface area contributed by atoms with Gasteiger partial charge < -0.3 is 24.2 Å². The molecule has 60 heavy (non-hydrogen) atoms. The van der Waals surface area contributed by atoms with Gasteiger partial charge in [0.1, 0.15) is 31.3 Å². The number of rotatable bonds is 15. The minimum absolute atomic E-state index is 0.108. The number of benzene rings is 3. The zero-order valence-corrected chi connectivity index (χ0v) is 35.0. The van der Waals surface area contributed by atoms with Crippen molar-refractivity contribution in [2.75, 3.05) is 46.4 Å². The maximum absolute atomic E-state index is 13.1. The van der Waals surface area contributed by atoms with Gasteiger partial charge in [-0.1, -0.05) is 54.1 Å². The smallest absolute Gasteiger partial charge is 0.408 e. The van der Waals surface area contributed by atoms with Crippen molar-refractivity contribution in [1.29, 1.82) is 0 Å². The number of alkyl halides is 3. The van der Waals surface area contributed by atoms with E-state index in [0.717, 1.165) is 75.7 Å². The summed E-state index contributed by atoms with van der Waals surface area (Å²) in [5, 5.41) is 18.4. The third-order valence-corrected chi connectivity index (χ3v) is 12.7. The SMILES string of the molecule is Cc1c(-c2c(-c3cccc4ccsc34)ncc3snc(OC(Cc4ccccc4OCc4ccnn4CC(F)(F)F)C(=O)O)c23)ccc(OCCN2CCN(C)CC2)c1Cl. The second-order valence-corrected chi connectivity index (χ2v) is 16.6. The van der Waals surface area contributed by atoms with Gasteiger partial charge in [-0.05, 0) is 77.2 Å². The summed E-state index contributed by atoms with van der Waals surface area (Å²) >= 11 is 9.84. The Bertz CT molecular complexity index is 2640. The van der Waals surface area contributed by atoms with Crippen molar-refractivity contribution >= 4 is 60.6 Å². The molecule has 5 heterocycles. The van der Waals surface area contributed by atoms with E-state index in [2.05, 4.69) is 32.4 Å². The number of hydrogen-bond acceptors (Lipinski definition) is 11. The molecule has 11 nitrogen and oxygen atoms in total. The Labute approximate surface area is 356 Å². The Morgan fingerprint density at radius 2 is 1.80 bits per heavy atom. The fourth-order valence-corrected chi connectivity index (χ4v) is 9.14. The highest BCUT2D eigenvalue weighted by molar-refractivity contribution is 7.17. The van der Waals surface area contributed by atoms with E-state index in [1.54, 1.807) is 41.8 Å². The van der Waals surface area contributed by atoms with Gasteiger partial charge in [0.05, 0.1) is 26.5 Å². The monoisotopic (exact) mass is 876 g/mol. The predicted molar refractivity (Wildman–Crippen MR) is 228 cm³/mol. The van der Waals surface area contributed by atoms with Crippen molar-refractivity contribution in [2.24, 2.45) is 0 Å². The molecule has 1 atom stereocenters. The molecular weight excluding hydrogens is 837 g/mol. The lowest BCUT2D eigenvalue weighted by molar-refractivity contribution is -0.145. The van der Waals surface area contributed by atoms with Gasteiger partial charge >= 0.3 is 12.1 Å². The summed E-state index contributed by atoms with van der Waals surface area (Å²) in [7, 11) is 2.12. The third kappa shape index (κ3) is 9.07. The molecule has 0 amide bonds. The van der Waals surface area contributed by atoms with Crippen LogP contribution in [0.3, 0.4) is 0 Å². The molecular formula is C43H40ClF3N6O5S2. The molecule has 0 radical (unpaired) electrons. The molecule has 4 aromatic heterocycles. The molecule has 8 rings (SSSR count).